The third kappa shape index (κ3) is 3.42. The van der Waals surface area contributed by atoms with Crippen molar-refractivity contribution in [2.45, 2.75) is 26.7 Å². The molecule has 0 amide bonds. The van der Waals surface area contributed by atoms with E-state index in [1.54, 1.807) is 0 Å². The van der Waals surface area contributed by atoms with E-state index in [-0.39, 0.29) is 18.2 Å². The van der Waals surface area contributed by atoms with E-state index in [9.17, 15) is 14.9 Å². The van der Waals surface area contributed by atoms with Gasteiger partial charge in [-0.25, -0.2) is 4.79 Å². The molecule has 0 aromatic heterocycles. The highest BCUT2D eigenvalue weighted by Crippen LogP contribution is 2.36. The molecule has 1 aromatic rings. The topological polar surface area (TPSA) is 69.4 Å². The van der Waals surface area contributed by atoms with Crippen LogP contribution in [0.5, 0.6) is 0 Å². The van der Waals surface area contributed by atoms with Crippen LogP contribution in [0.1, 0.15) is 37.0 Å². The number of esters is 1. The number of ether oxygens (including phenoxy) is 1. The summed E-state index contributed by atoms with van der Waals surface area (Å²) in [7, 11) is 0. The van der Waals surface area contributed by atoms with E-state index in [1.165, 1.54) is 29.8 Å². The second kappa shape index (κ2) is 6.56. The third-order valence-electron chi connectivity index (χ3n) is 4.04. The van der Waals surface area contributed by atoms with Gasteiger partial charge in [-0.15, -0.1) is 0 Å². The molecule has 5 nitrogen and oxygen atoms in total. The molecule has 1 aromatic carbocycles. The lowest BCUT2D eigenvalue weighted by Crippen LogP contribution is -2.12. The third-order valence-corrected chi connectivity index (χ3v) is 4.04. The Morgan fingerprint density at radius 3 is 2.59 bits per heavy atom. The molecule has 1 aliphatic carbocycles. The predicted molar refractivity (Wildman–Crippen MR) is 83.6 cm³/mol. The number of carbonyl (C=O) groups excluding carboxylic acids is 1. The Morgan fingerprint density at radius 2 is 2.05 bits per heavy atom. The van der Waals surface area contributed by atoms with Gasteiger partial charge in [0.1, 0.15) is 6.61 Å². The lowest BCUT2D eigenvalue weighted by atomic mass is 9.94. The van der Waals surface area contributed by atoms with Gasteiger partial charge in [-0.3, -0.25) is 10.1 Å². The van der Waals surface area contributed by atoms with Gasteiger partial charge in [0.2, 0.25) is 0 Å². The van der Waals surface area contributed by atoms with E-state index in [2.05, 4.69) is 13.5 Å². The maximum Gasteiger partial charge on any atom is 0.338 e. The minimum atomic E-state index is -0.501. The van der Waals surface area contributed by atoms with Crippen LogP contribution in [0, 0.1) is 16.0 Å². The maximum absolute atomic E-state index is 12.0. The van der Waals surface area contributed by atoms with Crippen molar-refractivity contribution in [2.75, 3.05) is 6.61 Å². The Balaban J connectivity index is 2.02. The van der Waals surface area contributed by atoms with E-state index < -0.39 is 10.9 Å². The molecule has 0 aliphatic heterocycles. The Kier molecular flexibility index (Phi) is 4.75. The summed E-state index contributed by atoms with van der Waals surface area (Å²) in [6, 6.07) is 5.42. The van der Waals surface area contributed by atoms with Crippen LogP contribution >= 0.6 is 0 Å². The predicted octanol–water partition coefficient (Wildman–Crippen LogP) is 4.05. The molecule has 2 rings (SSSR count). The van der Waals surface area contributed by atoms with Gasteiger partial charge in [-0.2, -0.15) is 0 Å². The molecule has 0 saturated carbocycles. The molecule has 0 fully saturated rings. The number of non-ortho nitro benzene ring substituents is 1. The first-order chi connectivity index (χ1) is 10.4. The highest BCUT2D eigenvalue weighted by atomic mass is 16.6. The second-order valence-corrected chi connectivity index (χ2v) is 5.62. The van der Waals surface area contributed by atoms with Crippen molar-refractivity contribution >= 4 is 11.7 Å². The summed E-state index contributed by atoms with van der Waals surface area (Å²) in [5, 5.41) is 10.6. The molecule has 0 bridgehead atoms. The monoisotopic (exact) mass is 301 g/mol. The molecular weight excluding hydrogens is 282 g/mol. The summed E-state index contributed by atoms with van der Waals surface area (Å²) >= 11 is 0. The number of benzene rings is 1. The summed E-state index contributed by atoms with van der Waals surface area (Å²) in [4.78, 5) is 22.1. The fourth-order valence-corrected chi connectivity index (χ4v) is 2.71. The van der Waals surface area contributed by atoms with Crippen molar-refractivity contribution in [3.05, 3.63) is 63.2 Å². The summed E-state index contributed by atoms with van der Waals surface area (Å²) in [5.41, 5.74) is 3.73. The summed E-state index contributed by atoms with van der Waals surface area (Å²) in [6.07, 6.45) is 2.02. The molecule has 0 N–H and O–H groups in total. The van der Waals surface area contributed by atoms with Crippen LogP contribution in [-0.2, 0) is 4.74 Å². The van der Waals surface area contributed by atoms with Crippen molar-refractivity contribution in [1.29, 1.82) is 0 Å². The number of rotatable bonds is 5. The number of allylic oxidation sites excluding steroid dienone is 2. The Hall–Kier alpha value is -2.43. The minimum absolute atomic E-state index is 0.0479. The van der Waals surface area contributed by atoms with Crippen LogP contribution in [0.15, 0.2) is 47.6 Å². The fourth-order valence-electron chi connectivity index (χ4n) is 2.71. The SMILES string of the molecule is C=C(C)[C@H]1CCC(C)=C1COC(=O)c1ccc([N+](=O)[O-])cc1. The first-order valence-corrected chi connectivity index (χ1v) is 7.15. The van der Waals surface area contributed by atoms with Crippen LogP contribution in [0.4, 0.5) is 5.69 Å². The fraction of sp³-hybridized carbons (Fsp3) is 0.353. The van der Waals surface area contributed by atoms with Gasteiger partial charge in [0, 0.05) is 18.1 Å². The minimum Gasteiger partial charge on any atom is -0.458 e. The molecule has 1 aliphatic rings. The average molecular weight is 301 g/mol. The molecule has 0 spiro atoms. The van der Waals surface area contributed by atoms with Gasteiger partial charge in [-0.05, 0) is 44.4 Å². The number of nitrogens with zero attached hydrogens (tertiary/aromatic N) is 1. The zero-order valence-corrected chi connectivity index (χ0v) is 12.8. The number of nitro groups is 1. The van der Waals surface area contributed by atoms with Crippen molar-refractivity contribution in [1.82, 2.24) is 0 Å². The molecule has 22 heavy (non-hydrogen) atoms. The van der Waals surface area contributed by atoms with Gasteiger partial charge in [0.15, 0.2) is 0 Å². The van der Waals surface area contributed by atoms with Gasteiger partial charge in [0.25, 0.3) is 5.69 Å². The Morgan fingerprint density at radius 1 is 1.41 bits per heavy atom. The highest BCUT2D eigenvalue weighted by molar-refractivity contribution is 5.89. The van der Waals surface area contributed by atoms with Crippen LogP contribution in [0.3, 0.4) is 0 Å². The summed E-state index contributed by atoms with van der Waals surface area (Å²) < 4.78 is 5.36. The van der Waals surface area contributed by atoms with Crippen molar-refractivity contribution in [2.24, 2.45) is 5.92 Å². The zero-order chi connectivity index (χ0) is 16.3. The van der Waals surface area contributed by atoms with Gasteiger partial charge >= 0.3 is 5.97 Å². The number of hydrogen-bond acceptors (Lipinski definition) is 4. The van der Waals surface area contributed by atoms with E-state index >= 15 is 0 Å². The van der Waals surface area contributed by atoms with Crippen molar-refractivity contribution in [3.63, 3.8) is 0 Å². The smallest absolute Gasteiger partial charge is 0.338 e. The number of nitro benzene ring substituents is 1. The number of hydrogen-bond donors (Lipinski definition) is 0. The molecule has 0 heterocycles. The molecule has 0 unspecified atom stereocenters. The molecule has 0 saturated heterocycles. The van der Waals surface area contributed by atoms with E-state index in [0.29, 0.717) is 5.56 Å². The molecule has 0 radical (unpaired) electrons. The zero-order valence-electron chi connectivity index (χ0n) is 12.8. The quantitative estimate of drug-likeness (QED) is 0.356. The largest absolute Gasteiger partial charge is 0.458 e. The van der Waals surface area contributed by atoms with E-state index in [4.69, 9.17) is 4.74 Å². The standard InChI is InChI=1S/C17H19NO4/c1-11(2)15-9-4-12(3)16(15)10-22-17(19)13-5-7-14(8-6-13)18(20)21/h5-8,15H,1,4,9-10H2,2-3H3/t15-/m1/s1. The van der Waals surface area contributed by atoms with Gasteiger partial charge in [-0.1, -0.05) is 17.7 Å². The van der Waals surface area contributed by atoms with Crippen LogP contribution in [-0.4, -0.2) is 17.5 Å². The van der Waals surface area contributed by atoms with Gasteiger partial charge < -0.3 is 4.74 Å². The number of carbonyl (C=O) groups is 1. The first-order valence-electron chi connectivity index (χ1n) is 7.15. The van der Waals surface area contributed by atoms with Gasteiger partial charge in [0.05, 0.1) is 10.5 Å². The molecule has 1 atom stereocenters. The summed E-state index contributed by atoms with van der Waals surface area (Å²) in [6.45, 7) is 8.29. The lowest BCUT2D eigenvalue weighted by molar-refractivity contribution is -0.384. The molecular formula is C17H19NO4. The lowest BCUT2D eigenvalue weighted by Gasteiger charge is -2.15. The van der Waals surface area contributed by atoms with Crippen LogP contribution in [0.25, 0.3) is 0 Å². The van der Waals surface area contributed by atoms with Crippen molar-refractivity contribution < 1.29 is 14.5 Å². The summed E-state index contributed by atoms with van der Waals surface area (Å²) in [5.74, 6) is -0.188. The maximum atomic E-state index is 12.0. The Labute approximate surface area is 129 Å². The first kappa shape index (κ1) is 15.9. The second-order valence-electron chi connectivity index (χ2n) is 5.62. The van der Waals surface area contributed by atoms with Crippen LogP contribution < -0.4 is 0 Å². The molecule has 5 heteroatoms. The molecule has 116 valence electrons. The van der Waals surface area contributed by atoms with Crippen molar-refractivity contribution in [3.8, 4) is 0 Å². The Bertz CT molecular complexity index is 643. The van der Waals surface area contributed by atoms with E-state index in [0.717, 1.165) is 24.0 Å². The van der Waals surface area contributed by atoms with E-state index in [1.807, 2.05) is 6.92 Å². The average Bonchev–Trinajstić information content (AvgIpc) is 2.86. The normalized spacial score (nSPS) is 17.5. The van der Waals surface area contributed by atoms with Crippen LogP contribution in [0.2, 0.25) is 0 Å². The highest BCUT2D eigenvalue weighted by Gasteiger charge is 2.25.